The van der Waals surface area contributed by atoms with Gasteiger partial charge in [0.1, 0.15) is 0 Å². The maximum atomic E-state index is 12.8. The van der Waals surface area contributed by atoms with Gasteiger partial charge in [-0.25, -0.2) is 0 Å². The molecule has 0 radical (unpaired) electrons. The number of likely N-dealkylation sites (tertiary alicyclic amines) is 1. The Kier molecular flexibility index (Phi) is 5.79. The first-order chi connectivity index (χ1) is 14.1. The molecule has 6 heteroatoms. The number of benzene rings is 1. The number of anilines is 2. The van der Waals surface area contributed by atoms with E-state index in [1.807, 2.05) is 29.2 Å². The Morgan fingerprint density at radius 1 is 0.966 bits per heavy atom. The molecule has 2 saturated heterocycles. The zero-order valence-corrected chi connectivity index (χ0v) is 16.9. The van der Waals surface area contributed by atoms with Crippen molar-refractivity contribution < 1.29 is 9.59 Å². The summed E-state index contributed by atoms with van der Waals surface area (Å²) in [6, 6.07) is 9.56. The number of pyridine rings is 1. The van der Waals surface area contributed by atoms with E-state index in [-0.39, 0.29) is 11.8 Å². The summed E-state index contributed by atoms with van der Waals surface area (Å²) in [6.45, 7) is 5.92. The normalized spacial score (nSPS) is 17.4. The topological polar surface area (TPSA) is 65.5 Å². The predicted molar refractivity (Wildman–Crippen MR) is 114 cm³/mol. The molecule has 2 aliphatic rings. The van der Waals surface area contributed by atoms with Crippen LogP contribution in [0.3, 0.4) is 0 Å². The standard InChI is InChI=1S/C23H28N4O2/c1-17-8-12-27(13-9-17)23(29)19-14-18(15-24-16-19)22(28)25-20-4-6-21(7-5-20)26-10-2-3-11-26/h4-7,14-17H,2-3,8-13H2,1H3,(H,25,28). The van der Waals surface area contributed by atoms with E-state index in [1.165, 1.54) is 24.7 Å². The summed E-state index contributed by atoms with van der Waals surface area (Å²) in [5, 5.41) is 2.91. The third kappa shape index (κ3) is 4.58. The molecule has 2 fully saturated rings. The number of rotatable bonds is 4. The number of nitrogens with one attached hydrogen (secondary N) is 1. The molecular weight excluding hydrogens is 364 g/mol. The molecule has 4 rings (SSSR count). The average Bonchev–Trinajstić information content (AvgIpc) is 3.29. The molecule has 0 unspecified atom stereocenters. The second-order valence-electron chi connectivity index (χ2n) is 8.13. The summed E-state index contributed by atoms with van der Waals surface area (Å²) in [6.07, 6.45) is 7.55. The van der Waals surface area contributed by atoms with Gasteiger partial charge in [0.05, 0.1) is 11.1 Å². The number of carbonyl (C=O) groups is 2. The van der Waals surface area contributed by atoms with Crippen LogP contribution in [-0.4, -0.2) is 47.9 Å². The van der Waals surface area contributed by atoms with E-state index < -0.39 is 0 Å². The van der Waals surface area contributed by atoms with Gasteiger partial charge in [-0.2, -0.15) is 0 Å². The zero-order chi connectivity index (χ0) is 20.2. The number of nitrogens with zero attached hydrogens (tertiary/aromatic N) is 3. The monoisotopic (exact) mass is 392 g/mol. The van der Waals surface area contributed by atoms with Crippen molar-refractivity contribution in [1.29, 1.82) is 0 Å². The van der Waals surface area contributed by atoms with E-state index in [0.717, 1.165) is 44.7 Å². The molecule has 3 heterocycles. The SMILES string of the molecule is CC1CCN(C(=O)c2cncc(C(=O)Nc3ccc(N4CCCC4)cc3)c2)CC1. The highest BCUT2D eigenvalue weighted by molar-refractivity contribution is 6.05. The molecule has 1 aromatic heterocycles. The second kappa shape index (κ2) is 8.64. The largest absolute Gasteiger partial charge is 0.372 e. The number of amides is 2. The molecule has 1 aromatic carbocycles. The first kappa shape index (κ1) is 19.4. The van der Waals surface area contributed by atoms with Crippen LogP contribution in [0.5, 0.6) is 0 Å². The van der Waals surface area contributed by atoms with Crippen molar-refractivity contribution in [2.45, 2.75) is 32.6 Å². The predicted octanol–water partition coefficient (Wildman–Crippen LogP) is 3.81. The number of hydrogen-bond donors (Lipinski definition) is 1. The molecule has 29 heavy (non-hydrogen) atoms. The Labute approximate surface area is 171 Å². The molecule has 0 atom stereocenters. The van der Waals surface area contributed by atoms with Crippen LogP contribution in [0.4, 0.5) is 11.4 Å². The maximum absolute atomic E-state index is 12.8. The van der Waals surface area contributed by atoms with Gasteiger partial charge in [-0.1, -0.05) is 6.92 Å². The first-order valence-electron chi connectivity index (χ1n) is 10.5. The highest BCUT2D eigenvalue weighted by Crippen LogP contribution is 2.23. The van der Waals surface area contributed by atoms with Crippen LogP contribution in [0, 0.1) is 5.92 Å². The van der Waals surface area contributed by atoms with Gasteiger partial charge in [0.25, 0.3) is 11.8 Å². The van der Waals surface area contributed by atoms with E-state index in [1.54, 1.807) is 12.3 Å². The van der Waals surface area contributed by atoms with Crippen molar-refractivity contribution in [2.75, 3.05) is 36.4 Å². The second-order valence-corrected chi connectivity index (χ2v) is 8.13. The summed E-state index contributed by atoms with van der Waals surface area (Å²) < 4.78 is 0. The van der Waals surface area contributed by atoms with Crippen LogP contribution >= 0.6 is 0 Å². The van der Waals surface area contributed by atoms with Crippen molar-refractivity contribution in [3.63, 3.8) is 0 Å². The third-order valence-corrected chi connectivity index (χ3v) is 5.91. The minimum atomic E-state index is -0.256. The van der Waals surface area contributed by atoms with E-state index in [2.05, 4.69) is 22.1 Å². The third-order valence-electron chi connectivity index (χ3n) is 5.91. The summed E-state index contributed by atoms with van der Waals surface area (Å²) in [5.74, 6) is 0.355. The van der Waals surface area contributed by atoms with E-state index in [9.17, 15) is 9.59 Å². The van der Waals surface area contributed by atoms with Gasteiger partial charge >= 0.3 is 0 Å². The number of hydrogen-bond acceptors (Lipinski definition) is 4. The van der Waals surface area contributed by atoms with Crippen molar-refractivity contribution in [1.82, 2.24) is 9.88 Å². The minimum absolute atomic E-state index is 0.0472. The summed E-state index contributed by atoms with van der Waals surface area (Å²) >= 11 is 0. The van der Waals surface area contributed by atoms with Gasteiger partial charge < -0.3 is 15.1 Å². The molecule has 0 bridgehead atoms. The Hall–Kier alpha value is -2.89. The minimum Gasteiger partial charge on any atom is -0.372 e. The van der Waals surface area contributed by atoms with Crippen molar-refractivity contribution in [3.8, 4) is 0 Å². The Balaban J connectivity index is 1.41. The lowest BCUT2D eigenvalue weighted by Crippen LogP contribution is -2.38. The van der Waals surface area contributed by atoms with Gasteiger partial charge in [-0.15, -0.1) is 0 Å². The number of carbonyl (C=O) groups excluding carboxylic acids is 2. The molecule has 2 amide bonds. The average molecular weight is 393 g/mol. The van der Waals surface area contributed by atoms with E-state index in [4.69, 9.17) is 0 Å². The molecule has 152 valence electrons. The van der Waals surface area contributed by atoms with Gasteiger partial charge in [0, 0.05) is 49.9 Å². The first-order valence-corrected chi connectivity index (χ1v) is 10.5. The molecule has 6 nitrogen and oxygen atoms in total. The van der Waals surface area contributed by atoms with E-state index >= 15 is 0 Å². The molecule has 0 spiro atoms. The fourth-order valence-electron chi connectivity index (χ4n) is 4.01. The Bertz CT molecular complexity index is 867. The van der Waals surface area contributed by atoms with Crippen LogP contribution in [0.2, 0.25) is 0 Å². The maximum Gasteiger partial charge on any atom is 0.257 e. The van der Waals surface area contributed by atoms with Crippen molar-refractivity contribution in [2.24, 2.45) is 5.92 Å². The van der Waals surface area contributed by atoms with Gasteiger partial charge in [0.15, 0.2) is 0 Å². The lowest BCUT2D eigenvalue weighted by atomic mass is 9.98. The lowest BCUT2D eigenvalue weighted by molar-refractivity contribution is 0.0697. The van der Waals surface area contributed by atoms with Crippen LogP contribution in [0.25, 0.3) is 0 Å². The van der Waals surface area contributed by atoms with Gasteiger partial charge in [-0.3, -0.25) is 14.6 Å². The summed E-state index contributed by atoms with van der Waals surface area (Å²) in [5.41, 5.74) is 2.78. The van der Waals surface area contributed by atoms with Crippen LogP contribution in [-0.2, 0) is 0 Å². The molecule has 0 aliphatic carbocycles. The molecule has 1 N–H and O–H groups in total. The quantitative estimate of drug-likeness (QED) is 0.859. The summed E-state index contributed by atoms with van der Waals surface area (Å²) in [7, 11) is 0. The smallest absolute Gasteiger partial charge is 0.257 e. The zero-order valence-electron chi connectivity index (χ0n) is 16.9. The highest BCUT2D eigenvalue weighted by atomic mass is 16.2. The van der Waals surface area contributed by atoms with Gasteiger partial charge in [-0.05, 0) is 61.9 Å². The molecule has 0 saturated carbocycles. The van der Waals surface area contributed by atoms with Crippen LogP contribution in [0.15, 0.2) is 42.7 Å². The molecule has 2 aliphatic heterocycles. The fourth-order valence-corrected chi connectivity index (χ4v) is 4.01. The Morgan fingerprint density at radius 3 is 2.31 bits per heavy atom. The van der Waals surface area contributed by atoms with Crippen molar-refractivity contribution in [3.05, 3.63) is 53.9 Å². The molecule has 2 aromatic rings. The van der Waals surface area contributed by atoms with Crippen molar-refractivity contribution >= 4 is 23.2 Å². The van der Waals surface area contributed by atoms with Gasteiger partial charge in [0.2, 0.25) is 0 Å². The van der Waals surface area contributed by atoms with Crippen LogP contribution < -0.4 is 10.2 Å². The molecular formula is C23H28N4O2. The Morgan fingerprint density at radius 2 is 1.62 bits per heavy atom. The number of piperidine rings is 1. The summed E-state index contributed by atoms with van der Waals surface area (Å²) in [4.78, 5) is 33.8. The fraction of sp³-hybridized carbons (Fsp3) is 0.435. The highest BCUT2D eigenvalue weighted by Gasteiger charge is 2.22. The van der Waals surface area contributed by atoms with E-state index in [0.29, 0.717) is 17.0 Å². The lowest BCUT2D eigenvalue weighted by Gasteiger charge is -2.30. The number of aromatic nitrogens is 1. The van der Waals surface area contributed by atoms with Crippen LogP contribution in [0.1, 0.15) is 53.3 Å².